The summed E-state index contributed by atoms with van der Waals surface area (Å²) in [5.74, 6) is 0.792. The van der Waals surface area contributed by atoms with Crippen LogP contribution in [0.4, 0.5) is 0 Å². The van der Waals surface area contributed by atoms with Crippen molar-refractivity contribution < 1.29 is 0 Å². The van der Waals surface area contributed by atoms with Gasteiger partial charge in [0.25, 0.3) is 0 Å². The van der Waals surface area contributed by atoms with Gasteiger partial charge in [-0.25, -0.2) is 0 Å². The first kappa shape index (κ1) is 10.7. The summed E-state index contributed by atoms with van der Waals surface area (Å²) >= 11 is 0. The lowest BCUT2D eigenvalue weighted by Crippen LogP contribution is -2.14. The van der Waals surface area contributed by atoms with Crippen molar-refractivity contribution in [3.05, 3.63) is 17.5 Å². The van der Waals surface area contributed by atoms with E-state index in [1.165, 1.54) is 30.7 Å². The molecule has 1 fully saturated rings. The van der Waals surface area contributed by atoms with E-state index in [1.807, 2.05) is 7.05 Å². The van der Waals surface area contributed by atoms with Crippen molar-refractivity contribution in [2.45, 2.75) is 45.1 Å². The molecule has 15 heavy (non-hydrogen) atoms. The number of hydrogen-bond donors (Lipinski definition) is 1. The molecule has 0 spiro atoms. The molecular weight excluding hydrogens is 186 g/mol. The number of hydrogen-bond acceptors (Lipinski definition) is 2. The SMILES string of the molecule is CCn1nc(CCNC)cc1C1CCC1. The number of likely N-dealkylation sites (N-methyl/N-ethyl adjacent to an activating group) is 1. The lowest BCUT2D eigenvalue weighted by atomic mass is 9.83. The molecule has 0 saturated heterocycles. The Kier molecular flexibility index (Phi) is 3.41. The monoisotopic (exact) mass is 207 g/mol. The maximum Gasteiger partial charge on any atom is 0.0640 e. The van der Waals surface area contributed by atoms with Gasteiger partial charge in [-0.15, -0.1) is 0 Å². The largest absolute Gasteiger partial charge is 0.319 e. The highest BCUT2D eigenvalue weighted by atomic mass is 15.3. The normalized spacial score (nSPS) is 16.7. The van der Waals surface area contributed by atoms with E-state index < -0.39 is 0 Å². The molecule has 1 aromatic rings. The molecular formula is C12H21N3. The Morgan fingerprint density at radius 3 is 2.87 bits per heavy atom. The quantitative estimate of drug-likeness (QED) is 0.799. The predicted octanol–water partition coefficient (Wildman–Crippen LogP) is 1.93. The van der Waals surface area contributed by atoms with Crippen LogP contribution in [0.1, 0.15) is 43.5 Å². The van der Waals surface area contributed by atoms with E-state index in [0.717, 1.165) is 25.4 Å². The molecule has 1 aromatic heterocycles. The second kappa shape index (κ2) is 4.79. The van der Waals surface area contributed by atoms with E-state index in [4.69, 9.17) is 0 Å². The van der Waals surface area contributed by atoms with E-state index in [0.29, 0.717) is 0 Å². The molecule has 3 heteroatoms. The fourth-order valence-electron chi connectivity index (χ4n) is 2.15. The Hall–Kier alpha value is -0.830. The van der Waals surface area contributed by atoms with Gasteiger partial charge in [0.05, 0.1) is 5.69 Å². The minimum absolute atomic E-state index is 0.792. The topological polar surface area (TPSA) is 29.9 Å². The fraction of sp³-hybridized carbons (Fsp3) is 0.750. The Morgan fingerprint density at radius 1 is 1.53 bits per heavy atom. The van der Waals surface area contributed by atoms with Crippen molar-refractivity contribution in [1.82, 2.24) is 15.1 Å². The van der Waals surface area contributed by atoms with Gasteiger partial charge in [0, 0.05) is 31.1 Å². The number of aromatic nitrogens is 2. The molecule has 0 radical (unpaired) electrons. The second-order valence-electron chi connectivity index (χ2n) is 4.36. The average Bonchev–Trinajstić information content (AvgIpc) is 2.55. The van der Waals surface area contributed by atoms with Crippen molar-refractivity contribution in [2.75, 3.05) is 13.6 Å². The fourth-order valence-corrected chi connectivity index (χ4v) is 2.15. The van der Waals surface area contributed by atoms with E-state index in [1.54, 1.807) is 0 Å². The third-order valence-electron chi connectivity index (χ3n) is 3.32. The van der Waals surface area contributed by atoms with Crippen LogP contribution in [0.3, 0.4) is 0 Å². The van der Waals surface area contributed by atoms with Gasteiger partial charge in [-0.2, -0.15) is 5.10 Å². The van der Waals surface area contributed by atoms with Crippen LogP contribution in [0.15, 0.2) is 6.07 Å². The summed E-state index contributed by atoms with van der Waals surface area (Å²) in [6.45, 7) is 4.20. The average molecular weight is 207 g/mol. The third-order valence-corrected chi connectivity index (χ3v) is 3.32. The van der Waals surface area contributed by atoms with Crippen molar-refractivity contribution in [3.63, 3.8) is 0 Å². The highest BCUT2D eigenvalue weighted by Gasteiger charge is 2.23. The molecule has 0 amide bonds. The van der Waals surface area contributed by atoms with Gasteiger partial charge in [-0.3, -0.25) is 4.68 Å². The van der Waals surface area contributed by atoms with E-state index in [2.05, 4.69) is 28.1 Å². The summed E-state index contributed by atoms with van der Waals surface area (Å²) < 4.78 is 2.19. The Bertz CT molecular complexity index is 313. The zero-order valence-electron chi connectivity index (χ0n) is 9.79. The summed E-state index contributed by atoms with van der Waals surface area (Å²) in [7, 11) is 1.99. The second-order valence-corrected chi connectivity index (χ2v) is 4.36. The van der Waals surface area contributed by atoms with Crippen molar-refractivity contribution in [3.8, 4) is 0 Å². The lowest BCUT2D eigenvalue weighted by Gasteiger charge is -2.25. The van der Waals surface area contributed by atoms with Crippen LogP contribution < -0.4 is 5.32 Å². The summed E-state index contributed by atoms with van der Waals surface area (Å²) in [4.78, 5) is 0. The highest BCUT2D eigenvalue weighted by molar-refractivity contribution is 5.17. The first-order valence-corrected chi connectivity index (χ1v) is 6.06. The third kappa shape index (κ3) is 2.23. The Morgan fingerprint density at radius 2 is 2.33 bits per heavy atom. The standard InChI is InChI=1S/C12H21N3/c1-3-15-12(10-5-4-6-10)9-11(14-15)7-8-13-2/h9-10,13H,3-8H2,1-2H3. The molecule has 3 nitrogen and oxygen atoms in total. The van der Waals surface area contributed by atoms with Gasteiger partial charge in [0.2, 0.25) is 0 Å². The molecule has 0 aliphatic heterocycles. The van der Waals surface area contributed by atoms with Crippen LogP contribution in [0.25, 0.3) is 0 Å². The zero-order valence-corrected chi connectivity index (χ0v) is 9.79. The molecule has 1 N–H and O–H groups in total. The first-order chi connectivity index (χ1) is 7.35. The number of rotatable bonds is 5. The van der Waals surface area contributed by atoms with Crippen LogP contribution in [-0.2, 0) is 13.0 Å². The van der Waals surface area contributed by atoms with Gasteiger partial charge in [-0.1, -0.05) is 6.42 Å². The smallest absolute Gasteiger partial charge is 0.0640 e. The minimum atomic E-state index is 0.792. The van der Waals surface area contributed by atoms with Crippen LogP contribution in [-0.4, -0.2) is 23.4 Å². The molecule has 1 saturated carbocycles. The molecule has 0 aromatic carbocycles. The van der Waals surface area contributed by atoms with Gasteiger partial charge < -0.3 is 5.32 Å². The summed E-state index contributed by atoms with van der Waals surface area (Å²) in [6.07, 6.45) is 5.16. The Labute approximate surface area is 91.9 Å². The van der Waals surface area contributed by atoms with Crippen LogP contribution in [0, 0.1) is 0 Å². The van der Waals surface area contributed by atoms with E-state index >= 15 is 0 Å². The molecule has 2 rings (SSSR count). The molecule has 1 heterocycles. The number of nitrogens with zero attached hydrogens (tertiary/aromatic N) is 2. The molecule has 1 aliphatic carbocycles. The van der Waals surface area contributed by atoms with Gasteiger partial charge in [-0.05, 0) is 32.9 Å². The van der Waals surface area contributed by atoms with E-state index in [9.17, 15) is 0 Å². The van der Waals surface area contributed by atoms with Crippen molar-refractivity contribution in [1.29, 1.82) is 0 Å². The molecule has 0 unspecified atom stereocenters. The van der Waals surface area contributed by atoms with Gasteiger partial charge in [0.1, 0.15) is 0 Å². The highest BCUT2D eigenvalue weighted by Crippen LogP contribution is 2.36. The predicted molar refractivity (Wildman–Crippen MR) is 62.1 cm³/mol. The van der Waals surface area contributed by atoms with Crippen molar-refractivity contribution >= 4 is 0 Å². The maximum atomic E-state index is 4.65. The number of nitrogens with one attached hydrogen (secondary N) is 1. The zero-order chi connectivity index (χ0) is 10.7. The molecule has 0 bridgehead atoms. The minimum Gasteiger partial charge on any atom is -0.319 e. The van der Waals surface area contributed by atoms with E-state index in [-0.39, 0.29) is 0 Å². The van der Waals surface area contributed by atoms with Crippen LogP contribution >= 0.6 is 0 Å². The van der Waals surface area contributed by atoms with Gasteiger partial charge >= 0.3 is 0 Å². The lowest BCUT2D eigenvalue weighted by molar-refractivity contribution is 0.390. The van der Waals surface area contributed by atoms with Gasteiger partial charge in [0.15, 0.2) is 0 Å². The first-order valence-electron chi connectivity index (χ1n) is 6.06. The molecule has 1 aliphatic rings. The maximum absolute atomic E-state index is 4.65. The summed E-state index contributed by atoms with van der Waals surface area (Å²) in [5.41, 5.74) is 2.71. The number of aryl methyl sites for hydroxylation is 1. The Balaban J connectivity index is 2.09. The summed E-state index contributed by atoms with van der Waals surface area (Å²) in [6, 6.07) is 2.31. The molecule has 84 valence electrons. The summed E-state index contributed by atoms with van der Waals surface area (Å²) in [5, 5.41) is 7.82. The molecule has 0 atom stereocenters. The van der Waals surface area contributed by atoms with Crippen LogP contribution in [0.5, 0.6) is 0 Å². The van der Waals surface area contributed by atoms with Crippen LogP contribution in [0.2, 0.25) is 0 Å². The van der Waals surface area contributed by atoms with Crippen molar-refractivity contribution in [2.24, 2.45) is 0 Å².